The summed E-state index contributed by atoms with van der Waals surface area (Å²) in [6.07, 6.45) is 4.04. The lowest BCUT2D eigenvalue weighted by molar-refractivity contribution is -0.127. The van der Waals surface area contributed by atoms with Crippen LogP contribution in [0.1, 0.15) is 25.8 Å². The van der Waals surface area contributed by atoms with Gasteiger partial charge >= 0.3 is 0 Å². The van der Waals surface area contributed by atoms with Crippen LogP contribution < -0.4 is 4.90 Å². The van der Waals surface area contributed by atoms with Crippen molar-refractivity contribution in [3.63, 3.8) is 0 Å². The van der Waals surface area contributed by atoms with Gasteiger partial charge in [0.05, 0.1) is 0 Å². The quantitative estimate of drug-likeness (QED) is 0.784. The van der Waals surface area contributed by atoms with Crippen molar-refractivity contribution < 1.29 is 9.90 Å². The van der Waals surface area contributed by atoms with Crippen LogP contribution in [0.5, 0.6) is 0 Å². The van der Waals surface area contributed by atoms with E-state index in [4.69, 9.17) is 5.11 Å². The molecule has 1 amide bonds. The standard InChI is InChI=1S/C17H26N2O2/c1-14(2)19(12-5-13-20)17(21)11-8-15-6-9-16(10-7-15)18(3)4/h6-11,14,20H,5,12-13H2,1-4H3/b11-8+. The molecule has 0 saturated carbocycles. The first kappa shape index (κ1) is 17.2. The third-order valence-corrected chi connectivity index (χ3v) is 3.29. The summed E-state index contributed by atoms with van der Waals surface area (Å²) >= 11 is 0. The molecule has 0 atom stereocenters. The van der Waals surface area contributed by atoms with Gasteiger partial charge in [-0.1, -0.05) is 12.1 Å². The Morgan fingerprint density at radius 1 is 1.24 bits per heavy atom. The second kappa shape index (κ2) is 8.47. The summed E-state index contributed by atoms with van der Waals surface area (Å²) in [6.45, 7) is 4.65. The van der Waals surface area contributed by atoms with E-state index in [9.17, 15) is 4.79 Å². The lowest BCUT2D eigenvalue weighted by Gasteiger charge is -2.25. The minimum atomic E-state index is -0.0184. The highest BCUT2D eigenvalue weighted by Gasteiger charge is 2.13. The molecule has 1 N–H and O–H groups in total. The van der Waals surface area contributed by atoms with Gasteiger partial charge in [0.1, 0.15) is 0 Å². The van der Waals surface area contributed by atoms with Gasteiger partial charge in [0.2, 0.25) is 5.91 Å². The van der Waals surface area contributed by atoms with Crippen molar-refractivity contribution in [2.45, 2.75) is 26.3 Å². The summed E-state index contributed by atoms with van der Waals surface area (Å²) in [5.41, 5.74) is 2.13. The minimum Gasteiger partial charge on any atom is -0.396 e. The van der Waals surface area contributed by atoms with Crippen molar-refractivity contribution >= 4 is 17.7 Å². The Kier molecular flexibility index (Phi) is 6.96. The predicted octanol–water partition coefficient (Wildman–Crippen LogP) is 2.39. The Bertz CT molecular complexity index is 464. The van der Waals surface area contributed by atoms with Gasteiger partial charge in [-0.3, -0.25) is 4.79 Å². The summed E-state index contributed by atoms with van der Waals surface area (Å²) in [5.74, 6) is -0.0184. The molecule has 21 heavy (non-hydrogen) atoms. The van der Waals surface area contributed by atoms with E-state index in [1.807, 2.05) is 63.2 Å². The van der Waals surface area contributed by atoms with E-state index >= 15 is 0 Å². The van der Waals surface area contributed by atoms with Gasteiger partial charge in [0.15, 0.2) is 0 Å². The minimum absolute atomic E-state index is 0.0184. The van der Waals surface area contributed by atoms with Crippen molar-refractivity contribution in [3.8, 4) is 0 Å². The smallest absolute Gasteiger partial charge is 0.246 e. The number of amides is 1. The second-order valence-corrected chi connectivity index (χ2v) is 5.52. The highest BCUT2D eigenvalue weighted by atomic mass is 16.3. The third kappa shape index (κ3) is 5.60. The van der Waals surface area contributed by atoms with E-state index in [0.29, 0.717) is 13.0 Å². The topological polar surface area (TPSA) is 43.8 Å². The molecule has 1 rings (SSSR count). The molecule has 1 aromatic rings. The zero-order chi connectivity index (χ0) is 15.8. The molecule has 0 fully saturated rings. The van der Waals surface area contributed by atoms with Crippen LogP contribution in [0.25, 0.3) is 6.08 Å². The summed E-state index contributed by atoms with van der Waals surface area (Å²) in [6, 6.07) is 8.16. The maximum absolute atomic E-state index is 12.2. The fourth-order valence-electron chi connectivity index (χ4n) is 2.01. The van der Waals surface area contributed by atoms with Crippen molar-refractivity contribution in [2.75, 3.05) is 32.1 Å². The summed E-state index contributed by atoms with van der Waals surface area (Å²) in [5, 5.41) is 8.90. The molecule has 0 aliphatic carbocycles. The molecule has 0 bridgehead atoms. The SMILES string of the molecule is CC(C)N(CCCO)C(=O)/C=C/c1ccc(N(C)C)cc1. The average molecular weight is 290 g/mol. The predicted molar refractivity (Wildman–Crippen MR) is 88.4 cm³/mol. The van der Waals surface area contributed by atoms with Crippen molar-refractivity contribution in [2.24, 2.45) is 0 Å². The summed E-state index contributed by atoms with van der Waals surface area (Å²) < 4.78 is 0. The Morgan fingerprint density at radius 3 is 2.33 bits per heavy atom. The molecule has 0 spiro atoms. The van der Waals surface area contributed by atoms with Crippen LogP contribution in [0.4, 0.5) is 5.69 Å². The zero-order valence-electron chi connectivity index (χ0n) is 13.4. The van der Waals surface area contributed by atoms with Gasteiger partial charge in [0.25, 0.3) is 0 Å². The Morgan fingerprint density at radius 2 is 1.86 bits per heavy atom. The van der Waals surface area contributed by atoms with Gasteiger partial charge in [-0.2, -0.15) is 0 Å². The van der Waals surface area contributed by atoms with Crippen LogP contribution in [0.15, 0.2) is 30.3 Å². The van der Waals surface area contributed by atoms with E-state index in [2.05, 4.69) is 0 Å². The molecular weight excluding hydrogens is 264 g/mol. The number of benzene rings is 1. The number of rotatable bonds is 7. The average Bonchev–Trinajstić information content (AvgIpc) is 2.45. The number of hydrogen-bond acceptors (Lipinski definition) is 3. The molecule has 0 aliphatic heterocycles. The van der Waals surface area contributed by atoms with Crippen molar-refractivity contribution in [1.82, 2.24) is 4.90 Å². The normalized spacial score (nSPS) is 11.1. The monoisotopic (exact) mass is 290 g/mol. The Labute approximate surface area is 127 Å². The Hall–Kier alpha value is -1.81. The van der Waals surface area contributed by atoms with Crippen LogP contribution in [0, 0.1) is 0 Å². The molecule has 0 radical (unpaired) electrons. The molecule has 116 valence electrons. The van der Waals surface area contributed by atoms with Crippen LogP contribution in [0.3, 0.4) is 0 Å². The molecule has 4 heteroatoms. The number of nitrogens with zero attached hydrogens (tertiary/aromatic N) is 2. The zero-order valence-corrected chi connectivity index (χ0v) is 13.4. The van der Waals surface area contributed by atoms with Crippen LogP contribution in [-0.2, 0) is 4.79 Å². The highest BCUT2D eigenvalue weighted by Crippen LogP contribution is 2.13. The lowest BCUT2D eigenvalue weighted by Crippen LogP contribution is -2.36. The van der Waals surface area contributed by atoms with E-state index in [-0.39, 0.29) is 18.6 Å². The van der Waals surface area contributed by atoms with Crippen LogP contribution in [-0.4, -0.2) is 49.2 Å². The van der Waals surface area contributed by atoms with E-state index in [0.717, 1.165) is 11.3 Å². The maximum Gasteiger partial charge on any atom is 0.246 e. The maximum atomic E-state index is 12.2. The Balaban J connectivity index is 2.70. The van der Waals surface area contributed by atoms with E-state index < -0.39 is 0 Å². The van der Waals surface area contributed by atoms with Gasteiger partial charge in [-0.25, -0.2) is 0 Å². The highest BCUT2D eigenvalue weighted by molar-refractivity contribution is 5.92. The van der Waals surface area contributed by atoms with Gasteiger partial charge < -0.3 is 14.9 Å². The second-order valence-electron chi connectivity index (χ2n) is 5.52. The van der Waals surface area contributed by atoms with Crippen LogP contribution >= 0.6 is 0 Å². The molecule has 0 aliphatic rings. The fraction of sp³-hybridized carbons (Fsp3) is 0.471. The molecular formula is C17H26N2O2. The first-order valence-corrected chi connectivity index (χ1v) is 7.32. The van der Waals surface area contributed by atoms with Crippen LogP contribution in [0.2, 0.25) is 0 Å². The molecule has 0 saturated heterocycles. The first-order valence-electron chi connectivity index (χ1n) is 7.32. The number of carbonyl (C=O) groups excluding carboxylic acids is 1. The van der Waals surface area contributed by atoms with Gasteiger partial charge in [0, 0.05) is 45.1 Å². The molecule has 4 nitrogen and oxygen atoms in total. The molecule has 0 aromatic heterocycles. The lowest BCUT2D eigenvalue weighted by atomic mass is 10.1. The fourth-order valence-corrected chi connectivity index (χ4v) is 2.01. The first-order chi connectivity index (χ1) is 9.95. The molecule has 0 unspecified atom stereocenters. The number of anilines is 1. The molecule has 1 aromatic carbocycles. The largest absolute Gasteiger partial charge is 0.396 e. The van der Waals surface area contributed by atoms with E-state index in [1.54, 1.807) is 11.0 Å². The van der Waals surface area contributed by atoms with Gasteiger partial charge in [-0.15, -0.1) is 0 Å². The number of carbonyl (C=O) groups is 1. The summed E-state index contributed by atoms with van der Waals surface area (Å²) in [7, 11) is 3.99. The number of hydrogen-bond donors (Lipinski definition) is 1. The summed E-state index contributed by atoms with van der Waals surface area (Å²) in [4.78, 5) is 16.0. The molecule has 0 heterocycles. The number of aliphatic hydroxyl groups excluding tert-OH is 1. The van der Waals surface area contributed by atoms with Gasteiger partial charge in [-0.05, 0) is 44.0 Å². The third-order valence-electron chi connectivity index (χ3n) is 3.29. The van der Waals surface area contributed by atoms with E-state index in [1.165, 1.54) is 0 Å². The van der Waals surface area contributed by atoms with Crippen molar-refractivity contribution in [3.05, 3.63) is 35.9 Å². The number of aliphatic hydroxyl groups is 1. The van der Waals surface area contributed by atoms with Crippen molar-refractivity contribution in [1.29, 1.82) is 0 Å².